The van der Waals surface area contributed by atoms with Gasteiger partial charge in [-0.3, -0.25) is 4.79 Å². The summed E-state index contributed by atoms with van der Waals surface area (Å²) in [5, 5.41) is 12.8. The number of thiophene rings is 1. The molecule has 2 aromatic carbocycles. The van der Waals surface area contributed by atoms with Crippen molar-refractivity contribution < 1.29 is 27.8 Å². The second kappa shape index (κ2) is 10.6. The zero-order valence-corrected chi connectivity index (χ0v) is 19.3. The molecule has 8 heteroatoms. The van der Waals surface area contributed by atoms with E-state index in [9.17, 15) is 23.1 Å². The first kappa shape index (κ1) is 24.3. The molecule has 34 heavy (non-hydrogen) atoms. The summed E-state index contributed by atoms with van der Waals surface area (Å²) in [5.74, 6) is -0.545. The molecule has 2 atom stereocenters. The van der Waals surface area contributed by atoms with Crippen LogP contribution in [0.2, 0.25) is 0 Å². The summed E-state index contributed by atoms with van der Waals surface area (Å²) in [5.41, 5.74) is 1.68. The van der Waals surface area contributed by atoms with Gasteiger partial charge in [0, 0.05) is 23.0 Å². The lowest BCUT2D eigenvalue weighted by molar-refractivity contribution is -0.143. The van der Waals surface area contributed by atoms with Gasteiger partial charge in [0.1, 0.15) is 17.2 Å². The average Bonchev–Trinajstić information content (AvgIpc) is 3.28. The maximum atomic E-state index is 13.6. The molecular formula is C26H26F3NO3S. The smallest absolute Gasteiger partial charge is 0.426 e. The van der Waals surface area contributed by atoms with Crippen molar-refractivity contribution in [1.29, 1.82) is 0 Å². The number of rotatable bonds is 8. The van der Waals surface area contributed by atoms with E-state index in [1.807, 2.05) is 12.1 Å². The van der Waals surface area contributed by atoms with Crippen LogP contribution in [-0.4, -0.2) is 17.1 Å². The van der Waals surface area contributed by atoms with Crippen molar-refractivity contribution in [3.63, 3.8) is 0 Å². The summed E-state index contributed by atoms with van der Waals surface area (Å²) in [6, 6.07) is 17.4. The van der Waals surface area contributed by atoms with E-state index >= 15 is 0 Å². The molecule has 0 bridgehead atoms. The molecule has 4 rings (SSSR count). The third-order valence-corrected chi connectivity index (χ3v) is 7.23. The van der Waals surface area contributed by atoms with Crippen molar-refractivity contribution in [3.8, 4) is 16.9 Å². The van der Waals surface area contributed by atoms with E-state index in [1.54, 1.807) is 48.5 Å². The second-order valence-electron chi connectivity index (χ2n) is 8.47. The van der Waals surface area contributed by atoms with E-state index in [0.717, 1.165) is 24.8 Å². The Kier molecular flexibility index (Phi) is 7.58. The molecule has 1 saturated carbocycles. The number of ether oxygens (including phenoxy) is 1. The van der Waals surface area contributed by atoms with Gasteiger partial charge in [-0.05, 0) is 42.2 Å². The molecule has 4 nitrogen and oxygen atoms in total. The number of nitrogens with one attached hydrogen (secondary N) is 1. The third-order valence-electron chi connectivity index (χ3n) is 6.08. The van der Waals surface area contributed by atoms with Crippen LogP contribution in [0.15, 0.2) is 60.7 Å². The molecule has 0 aliphatic heterocycles. The quantitative estimate of drug-likeness (QED) is 0.368. The van der Waals surface area contributed by atoms with Crippen molar-refractivity contribution in [2.45, 2.75) is 51.1 Å². The SMILES string of the molecule is O=C(O)[C@H]1CCCCC1NCc1ccc(OCc2cc(-c3ccccc3)c(C(F)(F)F)s2)cc1. The Morgan fingerprint density at radius 3 is 2.44 bits per heavy atom. The van der Waals surface area contributed by atoms with Crippen LogP contribution < -0.4 is 10.1 Å². The van der Waals surface area contributed by atoms with Gasteiger partial charge in [-0.15, -0.1) is 11.3 Å². The van der Waals surface area contributed by atoms with E-state index in [2.05, 4.69) is 5.32 Å². The first-order chi connectivity index (χ1) is 16.3. The molecule has 2 N–H and O–H groups in total. The molecule has 3 aromatic rings. The predicted octanol–water partition coefficient (Wildman–Crippen LogP) is 6.75. The Labute approximate surface area is 200 Å². The zero-order valence-electron chi connectivity index (χ0n) is 18.5. The Bertz CT molecular complexity index is 1100. The van der Waals surface area contributed by atoms with E-state index in [4.69, 9.17) is 4.74 Å². The summed E-state index contributed by atoms with van der Waals surface area (Å²) in [6.07, 6.45) is -0.906. The fourth-order valence-corrected chi connectivity index (χ4v) is 5.29. The highest BCUT2D eigenvalue weighted by Gasteiger charge is 2.36. The maximum absolute atomic E-state index is 13.6. The Balaban J connectivity index is 1.37. The lowest BCUT2D eigenvalue weighted by Crippen LogP contribution is -2.41. The van der Waals surface area contributed by atoms with Crippen molar-refractivity contribution in [2.75, 3.05) is 0 Å². The van der Waals surface area contributed by atoms with E-state index < -0.39 is 17.0 Å². The van der Waals surface area contributed by atoms with Crippen LogP contribution in [0.3, 0.4) is 0 Å². The molecule has 1 aliphatic rings. The molecule has 0 amide bonds. The van der Waals surface area contributed by atoms with Crippen molar-refractivity contribution in [3.05, 3.63) is 76.0 Å². The number of halogens is 3. The number of hydrogen-bond acceptors (Lipinski definition) is 4. The highest BCUT2D eigenvalue weighted by molar-refractivity contribution is 7.12. The van der Waals surface area contributed by atoms with Gasteiger partial charge in [0.15, 0.2) is 0 Å². The maximum Gasteiger partial charge on any atom is 0.426 e. The summed E-state index contributed by atoms with van der Waals surface area (Å²) >= 11 is 0.702. The molecule has 1 aromatic heterocycles. The molecule has 0 saturated heterocycles. The van der Waals surface area contributed by atoms with Gasteiger partial charge in [-0.25, -0.2) is 0 Å². The highest BCUT2D eigenvalue weighted by atomic mass is 32.1. The summed E-state index contributed by atoms with van der Waals surface area (Å²) in [4.78, 5) is 11.3. The Morgan fingerprint density at radius 2 is 1.76 bits per heavy atom. The monoisotopic (exact) mass is 489 g/mol. The minimum absolute atomic E-state index is 0.0392. The van der Waals surface area contributed by atoms with Crippen molar-refractivity contribution in [1.82, 2.24) is 5.32 Å². The zero-order chi connectivity index (χ0) is 24.1. The van der Waals surface area contributed by atoms with Crippen LogP contribution in [0.4, 0.5) is 13.2 Å². The fraction of sp³-hybridized carbons (Fsp3) is 0.346. The third kappa shape index (κ3) is 5.98. The lowest BCUT2D eigenvalue weighted by Gasteiger charge is -2.29. The molecule has 0 spiro atoms. The van der Waals surface area contributed by atoms with Gasteiger partial charge in [0.05, 0.1) is 5.92 Å². The standard InChI is InChI=1S/C26H26F3NO3S/c27-26(28,29)24-22(18-6-2-1-3-7-18)14-20(34-24)16-33-19-12-10-17(11-13-19)15-30-23-9-5-4-8-21(23)25(31)32/h1-3,6-7,10-14,21,23,30H,4-5,8-9,15-16H2,(H,31,32)/t21-,23?/m0/s1. The largest absolute Gasteiger partial charge is 0.488 e. The van der Waals surface area contributed by atoms with Crippen LogP contribution >= 0.6 is 11.3 Å². The fourth-order valence-electron chi connectivity index (χ4n) is 4.33. The first-order valence-electron chi connectivity index (χ1n) is 11.2. The molecule has 1 heterocycles. The number of hydrogen-bond donors (Lipinski definition) is 2. The minimum Gasteiger partial charge on any atom is -0.488 e. The molecule has 1 fully saturated rings. The number of benzene rings is 2. The van der Waals surface area contributed by atoms with Crippen molar-refractivity contribution >= 4 is 17.3 Å². The Morgan fingerprint density at radius 1 is 1.06 bits per heavy atom. The van der Waals surface area contributed by atoms with Gasteiger partial charge in [0.2, 0.25) is 0 Å². The van der Waals surface area contributed by atoms with Crippen molar-refractivity contribution in [2.24, 2.45) is 5.92 Å². The van der Waals surface area contributed by atoms with Gasteiger partial charge in [-0.1, -0.05) is 55.3 Å². The van der Waals surface area contributed by atoms with E-state index in [1.165, 1.54) is 0 Å². The first-order valence-corrected chi connectivity index (χ1v) is 12.1. The van der Waals surface area contributed by atoms with E-state index in [-0.39, 0.29) is 24.1 Å². The van der Waals surface area contributed by atoms with Crippen LogP contribution in [0.5, 0.6) is 5.75 Å². The summed E-state index contributed by atoms with van der Waals surface area (Å²) in [7, 11) is 0. The van der Waals surface area contributed by atoms with E-state index in [0.29, 0.717) is 40.5 Å². The average molecular weight is 490 g/mol. The molecule has 0 radical (unpaired) electrons. The Hall–Kier alpha value is -2.84. The van der Waals surface area contributed by atoms with Crippen LogP contribution in [-0.2, 0) is 24.1 Å². The van der Waals surface area contributed by atoms with Gasteiger partial charge < -0.3 is 15.2 Å². The molecule has 1 aliphatic carbocycles. The van der Waals surface area contributed by atoms with Gasteiger partial charge in [-0.2, -0.15) is 13.2 Å². The van der Waals surface area contributed by atoms with Crippen LogP contribution in [0, 0.1) is 5.92 Å². The minimum atomic E-state index is -4.43. The number of carboxylic acids is 1. The highest BCUT2D eigenvalue weighted by Crippen LogP contribution is 2.43. The normalized spacial score (nSPS) is 18.6. The van der Waals surface area contributed by atoms with Crippen LogP contribution in [0.25, 0.3) is 11.1 Å². The van der Waals surface area contributed by atoms with Crippen LogP contribution in [0.1, 0.15) is 41.0 Å². The summed E-state index contributed by atoms with van der Waals surface area (Å²) < 4.78 is 46.4. The number of aliphatic carboxylic acids is 1. The van der Waals surface area contributed by atoms with Gasteiger partial charge >= 0.3 is 12.1 Å². The van der Waals surface area contributed by atoms with Gasteiger partial charge in [0.25, 0.3) is 0 Å². The number of carboxylic acid groups (broad SMARTS) is 1. The lowest BCUT2D eigenvalue weighted by atomic mass is 9.84. The number of alkyl halides is 3. The number of carbonyl (C=O) groups is 1. The predicted molar refractivity (Wildman–Crippen MR) is 126 cm³/mol. The molecular weight excluding hydrogens is 463 g/mol. The summed E-state index contributed by atoms with van der Waals surface area (Å²) in [6.45, 7) is 0.593. The molecule has 180 valence electrons. The topological polar surface area (TPSA) is 58.6 Å². The second-order valence-corrected chi connectivity index (χ2v) is 9.61. The molecule has 1 unspecified atom stereocenters.